The SMILES string of the molecule is NNc1ccc(-c2cc(-c3cccs3)sc2-c2cccs2)cc1. The van der Waals surface area contributed by atoms with E-state index in [4.69, 9.17) is 5.84 Å². The smallest absolute Gasteiger partial charge is 0.0527 e. The Morgan fingerprint density at radius 1 is 0.783 bits per heavy atom. The number of anilines is 1. The summed E-state index contributed by atoms with van der Waals surface area (Å²) in [6.45, 7) is 0. The maximum Gasteiger partial charge on any atom is 0.0527 e. The molecule has 0 saturated carbocycles. The van der Waals surface area contributed by atoms with Gasteiger partial charge in [0.2, 0.25) is 0 Å². The molecule has 2 nitrogen and oxygen atoms in total. The lowest BCUT2D eigenvalue weighted by molar-refractivity contribution is 1.35. The minimum atomic E-state index is 0.917. The molecule has 0 radical (unpaired) electrons. The second kappa shape index (κ2) is 6.29. The Morgan fingerprint density at radius 3 is 2.09 bits per heavy atom. The second-order valence-corrected chi connectivity index (χ2v) is 7.98. The molecule has 3 heterocycles. The van der Waals surface area contributed by atoms with Gasteiger partial charge in [-0.1, -0.05) is 24.3 Å². The number of thiophene rings is 3. The highest BCUT2D eigenvalue weighted by Gasteiger charge is 2.15. The molecule has 4 rings (SSSR count). The zero-order chi connectivity index (χ0) is 15.6. The maximum absolute atomic E-state index is 5.47. The number of benzene rings is 1. The summed E-state index contributed by atoms with van der Waals surface area (Å²) < 4.78 is 0. The van der Waals surface area contributed by atoms with Crippen molar-refractivity contribution in [1.82, 2.24) is 0 Å². The molecular weight excluding hydrogens is 340 g/mol. The zero-order valence-corrected chi connectivity index (χ0v) is 14.6. The first-order chi connectivity index (χ1) is 11.3. The highest BCUT2D eigenvalue weighted by Crippen LogP contribution is 2.45. The Balaban J connectivity index is 1.86. The lowest BCUT2D eigenvalue weighted by Gasteiger charge is -2.04. The Kier molecular flexibility index (Phi) is 4.01. The van der Waals surface area contributed by atoms with Crippen LogP contribution in [0.4, 0.5) is 5.69 Å². The largest absolute Gasteiger partial charge is 0.324 e. The van der Waals surface area contributed by atoms with E-state index in [1.165, 1.54) is 30.6 Å². The summed E-state index contributed by atoms with van der Waals surface area (Å²) in [5.74, 6) is 5.47. The van der Waals surface area contributed by atoms with Crippen molar-refractivity contribution >= 4 is 39.7 Å². The number of nitrogens with two attached hydrogens (primary N) is 1. The Morgan fingerprint density at radius 2 is 1.48 bits per heavy atom. The van der Waals surface area contributed by atoms with Gasteiger partial charge in [0, 0.05) is 25.9 Å². The van der Waals surface area contributed by atoms with E-state index < -0.39 is 0 Å². The molecule has 0 unspecified atom stereocenters. The minimum Gasteiger partial charge on any atom is -0.324 e. The van der Waals surface area contributed by atoms with Crippen molar-refractivity contribution in [2.75, 3.05) is 5.43 Å². The maximum atomic E-state index is 5.47. The first-order valence-corrected chi connectivity index (χ1v) is 9.71. The summed E-state index contributed by atoms with van der Waals surface area (Å²) in [5.41, 5.74) is 6.09. The van der Waals surface area contributed by atoms with Crippen molar-refractivity contribution in [2.45, 2.75) is 0 Å². The zero-order valence-electron chi connectivity index (χ0n) is 12.2. The molecular formula is C18H14N2S3. The van der Waals surface area contributed by atoms with Crippen LogP contribution in [0.3, 0.4) is 0 Å². The van der Waals surface area contributed by atoms with E-state index in [9.17, 15) is 0 Å². The van der Waals surface area contributed by atoms with Crippen LogP contribution in [-0.4, -0.2) is 0 Å². The standard InChI is InChI=1S/C18H14N2S3/c19-20-13-7-5-12(6-8-13)14-11-17(15-3-1-9-21-15)23-18(14)16-4-2-10-22-16/h1-11,20H,19H2. The third kappa shape index (κ3) is 2.84. The summed E-state index contributed by atoms with van der Waals surface area (Å²) in [6, 6.07) is 19.1. The van der Waals surface area contributed by atoms with Crippen LogP contribution in [0.1, 0.15) is 0 Å². The molecule has 0 bridgehead atoms. The number of nitrogens with one attached hydrogen (secondary N) is 1. The van der Waals surface area contributed by atoms with Gasteiger partial charge in [-0.3, -0.25) is 5.84 Å². The van der Waals surface area contributed by atoms with Gasteiger partial charge in [-0.2, -0.15) is 0 Å². The van der Waals surface area contributed by atoms with Crippen molar-refractivity contribution in [1.29, 1.82) is 0 Å². The monoisotopic (exact) mass is 354 g/mol. The molecule has 4 aromatic rings. The number of rotatable bonds is 4. The van der Waals surface area contributed by atoms with Gasteiger partial charge < -0.3 is 5.43 Å². The van der Waals surface area contributed by atoms with E-state index in [0.717, 1.165) is 5.69 Å². The fourth-order valence-corrected chi connectivity index (χ4v) is 5.36. The lowest BCUT2D eigenvalue weighted by atomic mass is 10.0. The van der Waals surface area contributed by atoms with Gasteiger partial charge in [0.25, 0.3) is 0 Å². The van der Waals surface area contributed by atoms with Gasteiger partial charge >= 0.3 is 0 Å². The molecule has 0 aliphatic rings. The lowest BCUT2D eigenvalue weighted by Crippen LogP contribution is -2.05. The molecule has 114 valence electrons. The molecule has 0 aliphatic carbocycles. The Bertz CT molecular complexity index is 889. The predicted molar refractivity (Wildman–Crippen MR) is 104 cm³/mol. The normalized spacial score (nSPS) is 10.8. The fraction of sp³-hybridized carbons (Fsp3) is 0. The van der Waals surface area contributed by atoms with Gasteiger partial charge in [0.1, 0.15) is 0 Å². The van der Waals surface area contributed by atoms with Gasteiger partial charge in [-0.15, -0.1) is 34.0 Å². The molecule has 3 N–H and O–H groups in total. The summed E-state index contributed by atoms with van der Waals surface area (Å²) in [6.07, 6.45) is 0. The van der Waals surface area contributed by atoms with E-state index in [-0.39, 0.29) is 0 Å². The van der Waals surface area contributed by atoms with Crippen molar-refractivity contribution in [3.8, 4) is 30.6 Å². The van der Waals surface area contributed by atoms with Crippen molar-refractivity contribution in [3.63, 3.8) is 0 Å². The highest BCUT2D eigenvalue weighted by atomic mass is 32.1. The molecule has 0 spiro atoms. The van der Waals surface area contributed by atoms with Crippen molar-refractivity contribution < 1.29 is 0 Å². The van der Waals surface area contributed by atoms with E-state index in [1.54, 1.807) is 22.7 Å². The number of hydrogen-bond donors (Lipinski definition) is 2. The Hall–Kier alpha value is -1.92. The molecule has 0 saturated heterocycles. The Labute approximate surface area is 146 Å². The number of nitrogen functional groups attached to an aromatic ring is 1. The third-order valence-electron chi connectivity index (χ3n) is 3.60. The van der Waals surface area contributed by atoms with E-state index >= 15 is 0 Å². The van der Waals surface area contributed by atoms with E-state index in [1.807, 2.05) is 23.5 Å². The number of hydrazine groups is 1. The van der Waals surface area contributed by atoms with Crippen LogP contribution in [0.2, 0.25) is 0 Å². The van der Waals surface area contributed by atoms with Crippen molar-refractivity contribution in [2.24, 2.45) is 5.84 Å². The van der Waals surface area contributed by atoms with Gasteiger partial charge in [0.05, 0.1) is 4.88 Å². The first-order valence-electron chi connectivity index (χ1n) is 7.14. The topological polar surface area (TPSA) is 38.0 Å². The molecule has 5 heteroatoms. The average Bonchev–Trinajstić information content (AvgIpc) is 3.34. The molecule has 0 aliphatic heterocycles. The van der Waals surface area contributed by atoms with Crippen LogP contribution in [0.5, 0.6) is 0 Å². The van der Waals surface area contributed by atoms with E-state index in [2.05, 4.69) is 58.7 Å². The molecule has 1 aromatic carbocycles. The summed E-state index contributed by atoms with van der Waals surface area (Å²) in [5, 5.41) is 4.26. The van der Waals surface area contributed by atoms with Crippen LogP contribution >= 0.6 is 34.0 Å². The number of hydrogen-bond acceptors (Lipinski definition) is 5. The quantitative estimate of drug-likeness (QED) is 0.340. The van der Waals surface area contributed by atoms with E-state index in [0.29, 0.717) is 0 Å². The van der Waals surface area contributed by atoms with Crippen LogP contribution in [-0.2, 0) is 0 Å². The molecule has 0 fully saturated rings. The summed E-state index contributed by atoms with van der Waals surface area (Å²) in [4.78, 5) is 5.28. The van der Waals surface area contributed by atoms with Crippen molar-refractivity contribution in [3.05, 3.63) is 65.4 Å². The molecule has 3 aromatic heterocycles. The summed E-state index contributed by atoms with van der Waals surface area (Å²) in [7, 11) is 0. The van der Waals surface area contributed by atoms with Gasteiger partial charge in [-0.25, -0.2) is 0 Å². The van der Waals surface area contributed by atoms with Gasteiger partial charge in [-0.05, 0) is 46.7 Å². The molecule has 0 amide bonds. The molecule has 0 atom stereocenters. The van der Waals surface area contributed by atoms with Crippen LogP contribution in [0.25, 0.3) is 30.6 Å². The first kappa shape index (κ1) is 14.7. The highest BCUT2D eigenvalue weighted by molar-refractivity contribution is 7.26. The van der Waals surface area contributed by atoms with Gasteiger partial charge in [0.15, 0.2) is 0 Å². The predicted octanol–water partition coefficient (Wildman–Crippen LogP) is 6.16. The van der Waals surface area contributed by atoms with Crippen LogP contribution in [0, 0.1) is 0 Å². The summed E-state index contributed by atoms with van der Waals surface area (Å²) >= 11 is 5.43. The van der Waals surface area contributed by atoms with Crippen LogP contribution < -0.4 is 11.3 Å². The minimum absolute atomic E-state index is 0.917. The second-order valence-electron chi connectivity index (χ2n) is 5.03. The fourth-order valence-electron chi connectivity index (χ4n) is 2.48. The molecule has 23 heavy (non-hydrogen) atoms. The average molecular weight is 355 g/mol. The van der Waals surface area contributed by atoms with Crippen LogP contribution in [0.15, 0.2) is 65.4 Å². The third-order valence-corrected chi connectivity index (χ3v) is 6.85.